The third kappa shape index (κ3) is 4.64. The fourth-order valence-corrected chi connectivity index (χ4v) is 3.36. The van der Waals surface area contributed by atoms with Crippen LogP contribution in [0.4, 0.5) is 0 Å². The van der Waals surface area contributed by atoms with E-state index in [4.69, 9.17) is 0 Å². The number of aromatic nitrogens is 3. The van der Waals surface area contributed by atoms with Gasteiger partial charge < -0.3 is 4.90 Å². The van der Waals surface area contributed by atoms with E-state index in [9.17, 15) is 4.79 Å². The van der Waals surface area contributed by atoms with Crippen LogP contribution in [0.1, 0.15) is 24.1 Å². The third-order valence-electron chi connectivity index (χ3n) is 4.52. The number of carbonyl (C=O) groups excluding carboxylic acids is 1. The second-order valence-corrected chi connectivity index (χ2v) is 6.67. The first kappa shape index (κ1) is 16.6. The molecular formula is C18H25N5O. The lowest BCUT2D eigenvalue weighted by atomic mass is 9.93. The van der Waals surface area contributed by atoms with Crippen molar-refractivity contribution in [2.24, 2.45) is 5.92 Å². The predicted octanol–water partition coefficient (Wildman–Crippen LogP) is 1.72. The van der Waals surface area contributed by atoms with Crippen molar-refractivity contribution in [3.63, 3.8) is 0 Å². The van der Waals surface area contributed by atoms with Gasteiger partial charge in [0.2, 0.25) is 5.91 Å². The van der Waals surface area contributed by atoms with Gasteiger partial charge in [0.1, 0.15) is 0 Å². The molecule has 0 saturated carbocycles. The van der Waals surface area contributed by atoms with Crippen LogP contribution in [-0.2, 0) is 17.8 Å². The zero-order chi connectivity index (χ0) is 16.8. The minimum Gasteiger partial charge on any atom is -0.341 e. The molecule has 0 unspecified atom stereocenters. The van der Waals surface area contributed by atoms with Gasteiger partial charge in [-0.25, -0.2) is 0 Å². The molecule has 24 heavy (non-hydrogen) atoms. The van der Waals surface area contributed by atoms with Gasteiger partial charge in [0.25, 0.3) is 0 Å². The number of likely N-dealkylation sites (tertiary alicyclic amines) is 1. The number of aromatic amines is 1. The quantitative estimate of drug-likeness (QED) is 0.877. The molecule has 6 heteroatoms. The number of rotatable bonds is 6. The number of carbonyl (C=O) groups is 1. The summed E-state index contributed by atoms with van der Waals surface area (Å²) in [6.07, 6.45) is 8.62. The van der Waals surface area contributed by atoms with Crippen LogP contribution in [0.5, 0.6) is 0 Å². The number of pyridine rings is 1. The molecule has 1 amide bonds. The zero-order valence-electron chi connectivity index (χ0n) is 14.2. The van der Waals surface area contributed by atoms with Gasteiger partial charge in [-0.1, -0.05) is 6.07 Å². The Labute approximate surface area is 142 Å². The van der Waals surface area contributed by atoms with Crippen LogP contribution in [0.2, 0.25) is 0 Å². The molecule has 0 spiro atoms. The lowest BCUT2D eigenvalue weighted by Crippen LogP contribution is -2.44. The molecule has 2 aromatic heterocycles. The van der Waals surface area contributed by atoms with Crippen molar-refractivity contribution >= 4 is 5.91 Å². The summed E-state index contributed by atoms with van der Waals surface area (Å²) in [5, 5.41) is 7.02. The van der Waals surface area contributed by atoms with Crippen molar-refractivity contribution < 1.29 is 4.79 Å². The first-order valence-corrected chi connectivity index (χ1v) is 8.54. The molecule has 6 nitrogen and oxygen atoms in total. The molecule has 3 rings (SSSR count). The van der Waals surface area contributed by atoms with E-state index in [1.165, 1.54) is 6.42 Å². The van der Waals surface area contributed by atoms with Crippen LogP contribution in [0.3, 0.4) is 0 Å². The largest absolute Gasteiger partial charge is 0.341 e. The summed E-state index contributed by atoms with van der Waals surface area (Å²) in [5.74, 6) is 0.738. The Morgan fingerprint density at radius 1 is 1.42 bits per heavy atom. The van der Waals surface area contributed by atoms with Crippen LogP contribution < -0.4 is 0 Å². The summed E-state index contributed by atoms with van der Waals surface area (Å²) in [6.45, 7) is 2.91. The number of nitrogens with one attached hydrogen (secondary N) is 1. The van der Waals surface area contributed by atoms with E-state index in [1.54, 1.807) is 12.4 Å². The highest BCUT2D eigenvalue weighted by atomic mass is 16.2. The van der Waals surface area contributed by atoms with Crippen molar-refractivity contribution in [3.8, 4) is 0 Å². The number of amides is 1. The molecular weight excluding hydrogens is 302 g/mol. The topological polar surface area (TPSA) is 65.1 Å². The van der Waals surface area contributed by atoms with E-state index >= 15 is 0 Å². The van der Waals surface area contributed by atoms with Gasteiger partial charge in [-0.15, -0.1) is 0 Å². The zero-order valence-corrected chi connectivity index (χ0v) is 14.2. The predicted molar refractivity (Wildman–Crippen MR) is 92.2 cm³/mol. The summed E-state index contributed by atoms with van der Waals surface area (Å²) in [4.78, 5) is 20.8. The molecule has 3 heterocycles. The molecule has 1 aliphatic rings. The van der Waals surface area contributed by atoms with Crippen molar-refractivity contribution in [2.75, 3.05) is 26.7 Å². The molecule has 128 valence electrons. The van der Waals surface area contributed by atoms with Gasteiger partial charge in [0.15, 0.2) is 0 Å². The minimum atomic E-state index is 0.218. The summed E-state index contributed by atoms with van der Waals surface area (Å²) >= 11 is 0. The monoisotopic (exact) mass is 327 g/mol. The van der Waals surface area contributed by atoms with Crippen LogP contribution in [-0.4, -0.2) is 57.6 Å². The Kier molecular flexibility index (Phi) is 5.59. The Bertz CT molecular complexity index is 628. The van der Waals surface area contributed by atoms with Gasteiger partial charge in [-0.05, 0) is 49.9 Å². The first-order chi connectivity index (χ1) is 11.7. The maximum atomic E-state index is 12.6. The number of nitrogens with zero attached hydrogens (tertiary/aromatic N) is 4. The standard InChI is InChI=1S/C18H25N5O/c1-22(12-16-4-2-7-19-11-16)14-18(24)23-9-3-5-15(13-23)10-17-6-8-20-21-17/h2,4,6-8,11,15H,3,5,9-10,12-14H2,1H3,(H,20,21)/t15-/m1/s1. The van der Waals surface area contributed by atoms with Gasteiger partial charge in [-0.2, -0.15) is 5.10 Å². The number of hydrogen-bond donors (Lipinski definition) is 1. The highest BCUT2D eigenvalue weighted by Crippen LogP contribution is 2.20. The second-order valence-electron chi connectivity index (χ2n) is 6.67. The lowest BCUT2D eigenvalue weighted by Gasteiger charge is -2.33. The van der Waals surface area contributed by atoms with Crippen molar-refractivity contribution in [1.82, 2.24) is 25.0 Å². The van der Waals surface area contributed by atoms with E-state index in [0.29, 0.717) is 12.5 Å². The molecule has 1 atom stereocenters. The van der Waals surface area contributed by atoms with Crippen LogP contribution in [0.15, 0.2) is 36.8 Å². The Morgan fingerprint density at radius 3 is 3.08 bits per heavy atom. The normalized spacial score (nSPS) is 18.1. The SMILES string of the molecule is CN(CC(=O)N1CCC[C@H](Cc2ccn[nH]2)C1)Cc1cccnc1. The molecule has 1 aliphatic heterocycles. The fourth-order valence-electron chi connectivity index (χ4n) is 3.36. The van der Waals surface area contributed by atoms with Gasteiger partial charge in [-0.3, -0.25) is 19.8 Å². The Hall–Kier alpha value is -2.21. The molecule has 0 aromatic carbocycles. The summed E-state index contributed by atoms with van der Waals surface area (Å²) in [5.41, 5.74) is 2.28. The highest BCUT2D eigenvalue weighted by molar-refractivity contribution is 5.78. The fraction of sp³-hybridized carbons (Fsp3) is 0.500. The third-order valence-corrected chi connectivity index (χ3v) is 4.52. The van der Waals surface area contributed by atoms with Crippen molar-refractivity contribution in [1.29, 1.82) is 0 Å². The average Bonchev–Trinajstić information content (AvgIpc) is 3.09. The van der Waals surface area contributed by atoms with E-state index in [0.717, 1.165) is 43.7 Å². The summed E-state index contributed by atoms with van der Waals surface area (Å²) in [7, 11) is 1.98. The summed E-state index contributed by atoms with van der Waals surface area (Å²) < 4.78 is 0. The second kappa shape index (κ2) is 8.06. The smallest absolute Gasteiger partial charge is 0.236 e. The minimum absolute atomic E-state index is 0.218. The highest BCUT2D eigenvalue weighted by Gasteiger charge is 2.24. The summed E-state index contributed by atoms with van der Waals surface area (Å²) in [6, 6.07) is 5.98. The molecule has 1 N–H and O–H groups in total. The van der Waals surface area contributed by atoms with Crippen LogP contribution >= 0.6 is 0 Å². The molecule has 1 saturated heterocycles. The molecule has 2 aromatic rings. The van der Waals surface area contributed by atoms with E-state index in [-0.39, 0.29) is 5.91 Å². The number of likely N-dealkylation sites (N-methyl/N-ethyl adjacent to an activating group) is 1. The molecule has 0 bridgehead atoms. The van der Waals surface area contributed by atoms with Gasteiger partial charge >= 0.3 is 0 Å². The first-order valence-electron chi connectivity index (χ1n) is 8.54. The van der Waals surface area contributed by atoms with Gasteiger partial charge in [0.05, 0.1) is 6.54 Å². The maximum absolute atomic E-state index is 12.6. The lowest BCUT2D eigenvalue weighted by molar-refractivity contribution is -0.134. The van der Waals surface area contributed by atoms with E-state index < -0.39 is 0 Å². The number of hydrogen-bond acceptors (Lipinski definition) is 4. The van der Waals surface area contributed by atoms with Crippen molar-refractivity contribution in [2.45, 2.75) is 25.8 Å². The molecule has 1 fully saturated rings. The van der Waals surface area contributed by atoms with Crippen LogP contribution in [0, 0.1) is 5.92 Å². The number of piperidine rings is 1. The van der Waals surface area contributed by atoms with Crippen molar-refractivity contribution in [3.05, 3.63) is 48.0 Å². The van der Waals surface area contributed by atoms with E-state index in [1.807, 2.05) is 36.3 Å². The Balaban J connectivity index is 1.48. The average molecular weight is 327 g/mol. The molecule has 0 aliphatic carbocycles. The maximum Gasteiger partial charge on any atom is 0.236 e. The molecule has 0 radical (unpaired) electrons. The van der Waals surface area contributed by atoms with E-state index in [2.05, 4.69) is 20.1 Å². The number of H-pyrrole nitrogens is 1. The van der Waals surface area contributed by atoms with Crippen LogP contribution in [0.25, 0.3) is 0 Å². The van der Waals surface area contributed by atoms with Gasteiger partial charge in [0, 0.05) is 43.9 Å². The Morgan fingerprint density at radius 2 is 2.33 bits per heavy atom.